The van der Waals surface area contributed by atoms with Crippen molar-refractivity contribution in [3.63, 3.8) is 0 Å². The quantitative estimate of drug-likeness (QED) is 0.812. The Bertz CT molecular complexity index is 389. The third kappa shape index (κ3) is 5.48. The van der Waals surface area contributed by atoms with Crippen molar-refractivity contribution in [1.82, 2.24) is 10.3 Å². The smallest absolute Gasteiger partial charge is 0.107 e. The lowest BCUT2D eigenvalue weighted by Crippen LogP contribution is -2.32. The highest BCUT2D eigenvalue weighted by Crippen LogP contribution is 2.25. The van der Waals surface area contributed by atoms with Crippen molar-refractivity contribution in [2.75, 3.05) is 13.2 Å². The van der Waals surface area contributed by atoms with Gasteiger partial charge in [0.1, 0.15) is 5.01 Å². The van der Waals surface area contributed by atoms with E-state index < -0.39 is 6.10 Å². The van der Waals surface area contributed by atoms with Crippen LogP contribution in [0.5, 0.6) is 0 Å². The number of aliphatic hydroxyl groups excluding tert-OH is 1. The van der Waals surface area contributed by atoms with Gasteiger partial charge in [0.05, 0.1) is 18.8 Å². The Morgan fingerprint density at radius 3 is 2.85 bits per heavy atom. The standard InChI is InChI=1S/C15H26N2O2S/c1-11-3-5-14(6-4-11)19-9-13(18)7-16-8-15-17-12(2)10-20-15/h10-11,13-14,16,18H,3-9H2,1-2H3. The van der Waals surface area contributed by atoms with E-state index in [9.17, 15) is 5.11 Å². The van der Waals surface area contributed by atoms with Crippen molar-refractivity contribution < 1.29 is 9.84 Å². The summed E-state index contributed by atoms with van der Waals surface area (Å²) in [5, 5.41) is 16.2. The molecule has 0 radical (unpaired) electrons. The fourth-order valence-electron chi connectivity index (χ4n) is 2.53. The number of rotatable bonds is 7. The predicted octanol–water partition coefficient (Wildman–Crippen LogP) is 2.50. The van der Waals surface area contributed by atoms with Gasteiger partial charge in [-0.05, 0) is 38.5 Å². The van der Waals surface area contributed by atoms with E-state index in [1.165, 1.54) is 12.8 Å². The summed E-state index contributed by atoms with van der Waals surface area (Å²) in [6.07, 6.45) is 4.70. The van der Waals surface area contributed by atoms with Gasteiger partial charge in [-0.15, -0.1) is 11.3 Å². The Labute approximate surface area is 125 Å². The molecule has 1 aliphatic carbocycles. The van der Waals surface area contributed by atoms with Crippen LogP contribution in [0.25, 0.3) is 0 Å². The Hall–Kier alpha value is -0.490. The second kappa shape index (κ2) is 8.08. The van der Waals surface area contributed by atoms with Crippen LogP contribution in [-0.4, -0.2) is 35.5 Å². The molecule has 114 valence electrons. The van der Waals surface area contributed by atoms with E-state index in [0.29, 0.717) is 19.3 Å². The minimum absolute atomic E-state index is 0.350. The van der Waals surface area contributed by atoms with Gasteiger partial charge in [0.2, 0.25) is 0 Å². The highest BCUT2D eigenvalue weighted by Gasteiger charge is 2.19. The summed E-state index contributed by atoms with van der Waals surface area (Å²) in [4.78, 5) is 4.38. The van der Waals surface area contributed by atoms with Gasteiger partial charge in [-0.2, -0.15) is 0 Å². The molecule has 20 heavy (non-hydrogen) atoms. The van der Waals surface area contributed by atoms with E-state index in [0.717, 1.165) is 36.0 Å². The molecule has 0 amide bonds. The molecule has 1 aromatic rings. The van der Waals surface area contributed by atoms with E-state index in [4.69, 9.17) is 4.74 Å². The number of aromatic nitrogens is 1. The zero-order chi connectivity index (χ0) is 14.4. The van der Waals surface area contributed by atoms with Gasteiger partial charge in [-0.25, -0.2) is 4.98 Å². The molecule has 0 saturated heterocycles. The van der Waals surface area contributed by atoms with Crippen LogP contribution < -0.4 is 5.32 Å². The van der Waals surface area contributed by atoms with E-state index in [1.807, 2.05) is 12.3 Å². The lowest BCUT2D eigenvalue weighted by molar-refractivity contribution is -0.0278. The Kier molecular flexibility index (Phi) is 6.42. The van der Waals surface area contributed by atoms with Gasteiger partial charge in [0.25, 0.3) is 0 Å². The van der Waals surface area contributed by atoms with Crippen LogP contribution in [0.2, 0.25) is 0 Å². The molecule has 1 fully saturated rings. The van der Waals surface area contributed by atoms with Crippen LogP contribution in [0.4, 0.5) is 0 Å². The van der Waals surface area contributed by atoms with Crippen molar-refractivity contribution in [3.05, 3.63) is 16.1 Å². The fraction of sp³-hybridized carbons (Fsp3) is 0.800. The highest BCUT2D eigenvalue weighted by atomic mass is 32.1. The topological polar surface area (TPSA) is 54.4 Å². The molecule has 2 N–H and O–H groups in total. The molecule has 0 aromatic carbocycles. The molecule has 4 nitrogen and oxygen atoms in total. The zero-order valence-corrected chi connectivity index (χ0v) is 13.3. The minimum Gasteiger partial charge on any atom is -0.389 e. The van der Waals surface area contributed by atoms with Gasteiger partial charge < -0.3 is 15.2 Å². The van der Waals surface area contributed by atoms with Gasteiger partial charge in [-0.3, -0.25) is 0 Å². The van der Waals surface area contributed by atoms with Crippen LogP contribution in [0.3, 0.4) is 0 Å². The molecule has 2 rings (SSSR count). The Morgan fingerprint density at radius 2 is 2.20 bits per heavy atom. The summed E-state index contributed by atoms with van der Waals surface area (Å²) in [6.45, 7) is 6.00. The van der Waals surface area contributed by atoms with Crippen molar-refractivity contribution >= 4 is 11.3 Å². The molecule has 0 aliphatic heterocycles. The van der Waals surface area contributed by atoms with Crippen LogP contribution in [-0.2, 0) is 11.3 Å². The number of nitrogens with zero attached hydrogens (tertiary/aromatic N) is 1. The van der Waals surface area contributed by atoms with E-state index in [-0.39, 0.29) is 0 Å². The maximum absolute atomic E-state index is 9.91. The van der Waals surface area contributed by atoms with Crippen molar-refractivity contribution in [2.24, 2.45) is 5.92 Å². The van der Waals surface area contributed by atoms with Crippen molar-refractivity contribution in [3.8, 4) is 0 Å². The first kappa shape index (κ1) is 15.9. The van der Waals surface area contributed by atoms with E-state index in [2.05, 4.69) is 17.2 Å². The number of thiazole rings is 1. The monoisotopic (exact) mass is 298 g/mol. The van der Waals surface area contributed by atoms with Crippen LogP contribution in [0.15, 0.2) is 5.38 Å². The van der Waals surface area contributed by atoms with Crippen LogP contribution >= 0.6 is 11.3 Å². The predicted molar refractivity (Wildman–Crippen MR) is 81.9 cm³/mol. The summed E-state index contributed by atoms with van der Waals surface area (Å²) >= 11 is 1.65. The Morgan fingerprint density at radius 1 is 1.45 bits per heavy atom. The third-order valence-electron chi connectivity index (χ3n) is 3.81. The molecule has 5 heteroatoms. The molecular formula is C15H26N2O2S. The van der Waals surface area contributed by atoms with Crippen LogP contribution in [0.1, 0.15) is 43.3 Å². The maximum Gasteiger partial charge on any atom is 0.107 e. The number of nitrogens with one attached hydrogen (secondary N) is 1. The maximum atomic E-state index is 9.91. The molecule has 0 spiro atoms. The van der Waals surface area contributed by atoms with Gasteiger partial charge in [-0.1, -0.05) is 6.92 Å². The normalized spacial score (nSPS) is 24.8. The fourth-order valence-corrected chi connectivity index (χ4v) is 3.27. The van der Waals surface area contributed by atoms with Gasteiger partial charge in [0.15, 0.2) is 0 Å². The van der Waals surface area contributed by atoms with Gasteiger partial charge in [0, 0.05) is 24.2 Å². The first-order chi connectivity index (χ1) is 9.63. The Balaban J connectivity index is 1.55. The number of aryl methyl sites for hydroxylation is 1. The molecule has 1 aromatic heterocycles. The van der Waals surface area contributed by atoms with Crippen molar-refractivity contribution in [2.45, 2.75) is 58.3 Å². The number of hydrogen-bond donors (Lipinski definition) is 2. The summed E-state index contributed by atoms with van der Waals surface area (Å²) < 4.78 is 5.80. The lowest BCUT2D eigenvalue weighted by Gasteiger charge is -2.27. The molecule has 0 bridgehead atoms. The molecule has 1 unspecified atom stereocenters. The number of aliphatic hydroxyl groups is 1. The second-order valence-corrected chi connectivity index (χ2v) is 6.83. The second-order valence-electron chi connectivity index (χ2n) is 5.88. The minimum atomic E-state index is -0.435. The molecule has 1 saturated carbocycles. The summed E-state index contributed by atoms with van der Waals surface area (Å²) in [6, 6.07) is 0. The summed E-state index contributed by atoms with van der Waals surface area (Å²) in [5.74, 6) is 0.836. The highest BCUT2D eigenvalue weighted by molar-refractivity contribution is 7.09. The summed E-state index contributed by atoms with van der Waals surface area (Å²) in [7, 11) is 0. The molecule has 1 aliphatic rings. The summed E-state index contributed by atoms with van der Waals surface area (Å²) in [5.41, 5.74) is 1.06. The van der Waals surface area contributed by atoms with Crippen molar-refractivity contribution in [1.29, 1.82) is 0 Å². The SMILES string of the molecule is Cc1csc(CNCC(O)COC2CCC(C)CC2)n1. The first-order valence-corrected chi connectivity index (χ1v) is 8.43. The number of hydrogen-bond acceptors (Lipinski definition) is 5. The van der Waals surface area contributed by atoms with Crippen LogP contribution in [0, 0.1) is 12.8 Å². The lowest BCUT2D eigenvalue weighted by atomic mass is 9.89. The molecule has 1 heterocycles. The van der Waals surface area contributed by atoms with Gasteiger partial charge >= 0.3 is 0 Å². The zero-order valence-electron chi connectivity index (χ0n) is 12.5. The molecular weight excluding hydrogens is 272 g/mol. The molecule has 1 atom stereocenters. The third-order valence-corrected chi connectivity index (χ3v) is 4.78. The van der Waals surface area contributed by atoms with E-state index in [1.54, 1.807) is 11.3 Å². The first-order valence-electron chi connectivity index (χ1n) is 7.55. The average Bonchev–Trinajstić information content (AvgIpc) is 2.84. The van der Waals surface area contributed by atoms with E-state index >= 15 is 0 Å². The average molecular weight is 298 g/mol. The largest absolute Gasteiger partial charge is 0.389 e. The number of ether oxygens (including phenoxy) is 1.